The van der Waals surface area contributed by atoms with Gasteiger partial charge in [0.1, 0.15) is 5.69 Å². The van der Waals surface area contributed by atoms with Gasteiger partial charge in [-0.1, -0.05) is 6.07 Å². The number of nitrogens with one attached hydrogen (secondary N) is 2. The quantitative estimate of drug-likeness (QED) is 0.464. The highest BCUT2D eigenvalue weighted by molar-refractivity contribution is 5.99. The number of nitro groups is 1. The van der Waals surface area contributed by atoms with Crippen molar-refractivity contribution in [1.29, 1.82) is 0 Å². The van der Waals surface area contributed by atoms with Crippen molar-refractivity contribution in [3.63, 3.8) is 0 Å². The highest BCUT2D eigenvalue weighted by Crippen LogP contribution is 2.12. The molecule has 0 aliphatic heterocycles. The topological polar surface area (TPSA) is 127 Å². The fourth-order valence-corrected chi connectivity index (χ4v) is 1.82. The van der Waals surface area contributed by atoms with Gasteiger partial charge in [-0.3, -0.25) is 24.7 Å². The van der Waals surface area contributed by atoms with Gasteiger partial charge in [0.25, 0.3) is 17.5 Å². The first-order valence-electron chi connectivity index (χ1n) is 7.24. The Hall–Kier alpha value is -3.62. The molecule has 2 amide bonds. The molecule has 9 heteroatoms. The molecule has 0 radical (unpaired) electrons. The van der Waals surface area contributed by atoms with E-state index in [1.54, 1.807) is 19.1 Å². The number of aromatic nitrogens is 1. The van der Waals surface area contributed by atoms with E-state index in [2.05, 4.69) is 20.8 Å². The van der Waals surface area contributed by atoms with Gasteiger partial charge in [-0.2, -0.15) is 5.10 Å². The summed E-state index contributed by atoms with van der Waals surface area (Å²) >= 11 is 0. The monoisotopic (exact) mass is 341 g/mol. The summed E-state index contributed by atoms with van der Waals surface area (Å²) < 4.78 is 0. The summed E-state index contributed by atoms with van der Waals surface area (Å²) in [6.45, 7) is 1.39. The summed E-state index contributed by atoms with van der Waals surface area (Å²) in [7, 11) is 0. The van der Waals surface area contributed by atoms with Crippen molar-refractivity contribution < 1.29 is 14.5 Å². The van der Waals surface area contributed by atoms with Crippen molar-refractivity contribution in [3.8, 4) is 0 Å². The lowest BCUT2D eigenvalue weighted by Gasteiger charge is -2.05. The fourth-order valence-electron chi connectivity index (χ4n) is 1.82. The second-order valence-electron chi connectivity index (χ2n) is 4.93. The fraction of sp³-hybridized carbons (Fsp3) is 0.125. The molecule has 1 aromatic carbocycles. The number of hydrazone groups is 1. The van der Waals surface area contributed by atoms with Crippen LogP contribution in [0, 0.1) is 10.1 Å². The lowest BCUT2D eigenvalue weighted by molar-refractivity contribution is -0.384. The van der Waals surface area contributed by atoms with E-state index in [9.17, 15) is 19.7 Å². The van der Waals surface area contributed by atoms with Gasteiger partial charge < -0.3 is 5.32 Å². The number of pyridine rings is 1. The van der Waals surface area contributed by atoms with E-state index < -0.39 is 16.7 Å². The molecule has 25 heavy (non-hydrogen) atoms. The maximum absolute atomic E-state index is 11.8. The summed E-state index contributed by atoms with van der Waals surface area (Å²) in [6, 6.07) is 10.6. The first-order valence-corrected chi connectivity index (χ1v) is 7.24. The molecule has 0 bridgehead atoms. The molecule has 0 atom stereocenters. The number of nitrogens with zero attached hydrogens (tertiary/aromatic N) is 3. The molecule has 2 aromatic rings. The molecule has 1 aromatic heterocycles. The maximum Gasteiger partial charge on any atom is 0.270 e. The first kappa shape index (κ1) is 17.7. The van der Waals surface area contributed by atoms with Crippen LogP contribution in [0.25, 0.3) is 0 Å². The summed E-state index contributed by atoms with van der Waals surface area (Å²) in [4.78, 5) is 37.4. The Morgan fingerprint density at radius 2 is 1.92 bits per heavy atom. The summed E-state index contributed by atoms with van der Waals surface area (Å²) in [5.74, 6) is -0.975. The number of rotatable bonds is 6. The van der Waals surface area contributed by atoms with Crippen LogP contribution in [0.4, 0.5) is 5.69 Å². The van der Waals surface area contributed by atoms with Crippen LogP contribution in [0.15, 0.2) is 53.8 Å². The Labute approximate surface area is 142 Å². The van der Waals surface area contributed by atoms with Crippen LogP contribution in [0.2, 0.25) is 0 Å². The van der Waals surface area contributed by atoms with Crippen molar-refractivity contribution in [2.24, 2.45) is 5.10 Å². The van der Waals surface area contributed by atoms with Crippen molar-refractivity contribution in [2.45, 2.75) is 6.92 Å². The lowest BCUT2D eigenvalue weighted by Crippen LogP contribution is -2.35. The van der Waals surface area contributed by atoms with Crippen LogP contribution in [-0.4, -0.2) is 34.0 Å². The molecule has 0 spiro atoms. The zero-order chi connectivity index (χ0) is 18.2. The van der Waals surface area contributed by atoms with Gasteiger partial charge >= 0.3 is 0 Å². The zero-order valence-corrected chi connectivity index (χ0v) is 13.3. The minimum Gasteiger partial charge on any atom is -0.342 e. The normalized spacial score (nSPS) is 10.8. The van der Waals surface area contributed by atoms with E-state index in [0.29, 0.717) is 11.3 Å². The summed E-state index contributed by atoms with van der Waals surface area (Å²) in [5.41, 5.74) is 3.58. The van der Waals surface area contributed by atoms with E-state index >= 15 is 0 Å². The summed E-state index contributed by atoms with van der Waals surface area (Å²) in [6.07, 6.45) is 1.48. The molecule has 0 unspecified atom stereocenters. The smallest absolute Gasteiger partial charge is 0.270 e. The average molecular weight is 341 g/mol. The minimum atomic E-state index is -0.509. The van der Waals surface area contributed by atoms with Gasteiger partial charge in [0.2, 0.25) is 0 Å². The number of amides is 2. The van der Waals surface area contributed by atoms with Crippen molar-refractivity contribution in [3.05, 3.63) is 70.0 Å². The molecule has 0 aliphatic rings. The number of hydrogen-bond acceptors (Lipinski definition) is 6. The van der Waals surface area contributed by atoms with Gasteiger partial charge in [0, 0.05) is 18.3 Å². The van der Waals surface area contributed by atoms with E-state index in [1.807, 2.05) is 0 Å². The number of non-ortho nitro benzene ring substituents is 1. The lowest BCUT2D eigenvalue weighted by atomic mass is 10.1. The Balaban J connectivity index is 1.86. The third kappa shape index (κ3) is 5.20. The van der Waals surface area contributed by atoms with Crippen molar-refractivity contribution in [1.82, 2.24) is 15.7 Å². The second-order valence-corrected chi connectivity index (χ2v) is 4.93. The molecule has 0 saturated carbocycles. The number of benzene rings is 1. The molecule has 0 saturated heterocycles. The molecule has 0 aliphatic carbocycles. The molecule has 0 fully saturated rings. The largest absolute Gasteiger partial charge is 0.342 e. The van der Waals surface area contributed by atoms with E-state index in [1.165, 1.54) is 36.5 Å². The van der Waals surface area contributed by atoms with Gasteiger partial charge in [-0.25, -0.2) is 5.43 Å². The maximum atomic E-state index is 11.8. The number of carbonyl (C=O) groups is 2. The predicted molar refractivity (Wildman–Crippen MR) is 90.0 cm³/mol. The third-order valence-electron chi connectivity index (χ3n) is 3.15. The van der Waals surface area contributed by atoms with E-state index in [-0.39, 0.29) is 17.9 Å². The molecule has 2 N–H and O–H groups in total. The van der Waals surface area contributed by atoms with E-state index in [0.717, 1.165) is 0 Å². The Morgan fingerprint density at radius 1 is 1.20 bits per heavy atom. The molecule has 128 valence electrons. The number of nitro benzene ring substituents is 1. The van der Waals surface area contributed by atoms with Crippen LogP contribution in [-0.2, 0) is 4.79 Å². The van der Waals surface area contributed by atoms with Gasteiger partial charge in [-0.05, 0) is 36.8 Å². The van der Waals surface area contributed by atoms with Crippen LogP contribution >= 0.6 is 0 Å². The van der Waals surface area contributed by atoms with Crippen LogP contribution in [0.5, 0.6) is 0 Å². The van der Waals surface area contributed by atoms with E-state index in [4.69, 9.17) is 0 Å². The van der Waals surface area contributed by atoms with Crippen LogP contribution < -0.4 is 10.7 Å². The van der Waals surface area contributed by atoms with Gasteiger partial charge in [0.05, 0.1) is 17.2 Å². The van der Waals surface area contributed by atoms with Crippen LogP contribution in [0.1, 0.15) is 23.0 Å². The van der Waals surface area contributed by atoms with Gasteiger partial charge in [-0.15, -0.1) is 0 Å². The minimum absolute atomic E-state index is 0.0298. The third-order valence-corrected chi connectivity index (χ3v) is 3.15. The van der Waals surface area contributed by atoms with Crippen LogP contribution in [0.3, 0.4) is 0 Å². The highest BCUT2D eigenvalue weighted by Gasteiger charge is 2.09. The molecule has 9 nitrogen and oxygen atoms in total. The molecule has 1 heterocycles. The Kier molecular flexibility index (Phi) is 5.88. The Morgan fingerprint density at radius 3 is 2.52 bits per heavy atom. The Bertz CT molecular complexity index is 803. The zero-order valence-electron chi connectivity index (χ0n) is 13.3. The molecule has 2 rings (SSSR count). The average Bonchev–Trinajstić information content (AvgIpc) is 2.64. The van der Waals surface area contributed by atoms with Crippen molar-refractivity contribution in [2.75, 3.05) is 6.54 Å². The molecular weight excluding hydrogens is 326 g/mol. The standard InChI is InChI=1S/C16H15N5O4/c1-11(12-5-7-13(8-6-12)21(24)25)19-20-15(22)10-18-16(23)14-4-2-3-9-17-14/h2-9H,10H2,1H3,(H,18,23)(H,20,22)/b19-11-. The van der Waals surface area contributed by atoms with Crippen molar-refractivity contribution >= 4 is 23.2 Å². The van der Waals surface area contributed by atoms with Gasteiger partial charge in [0.15, 0.2) is 0 Å². The predicted octanol–water partition coefficient (Wildman–Crippen LogP) is 1.26. The number of carbonyl (C=O) groups excluding carboxylic acids is 2. The SMILES string of the molecule is C/C(=N/NC(=O)CNC(=O)c1ccccn1)c1ccc([N+](=O)[O-])cc1. The second kappa shape index (κ2) is 8.29. The molecular formula is C16H15N5O4. The summed E-state index contributed by atoms with van der Waals surface area (Å²) in [5, 5.41) is 16.9. The highest BCUT2D eigenvalue weighted by atomic mass is 16.6. The first-order chi connectivity index (χ1) is 12.0. The number of hydrogen-bond donors (Lipinski definition) is 2.